The fourth-order valence-corrected chi connectivity index (χ4v) is 2.35. The van der Waals surface area contributed by atoms with Gasteiger partial charge in [-0.15, -0.1) is 0 Å². The number of hydrazone groups is 1. The van der Waals surface area contributed by atoms with Crippen LogP contribution in [0.3, 0.4) is 0 Å². The summed E-state index contributed by atoms with van der Waals surface area (Å²) in [7, 11) is 0. The molecule has 0 radical (unpaired) electrons. The molecule has 1 amide bonds. The highest BCUT2D eigenvalue weighted by Crippen LogP contribution is 2.27. The van der Waals surface area contributed by atoms with Crippen molar-refractivity contribution in [1.29, 1.82) is 5.41 Å². The largest absolute Gasteiger partial charge is 0.339 e. The Bertz CT molecular complexity index is 969. The predicted octanol–water partition coefficient (Wildman–Crippen LogP) is 3.35. The lowest BCUT2D eigenvalue weighted by atomic mass is 10.1. The van der Waals surface area contributed by atoms with Crippen LogP contribution in [-0.4, -0.2) is 38.8 Å². The van der Waals surface area contributed by atoms with Crippen LogP contribution in [0, 0.1) is 12.3 Å². The molecule has 2 heterocycles. The maximum Gasteiger partial charge on any atom is 0.303 e. The topological polar surface area (TPSA) is 128 Å². The van der Waals surface area contributed by atoms with Gasteiger partial charge in [-0.25, -0.2) is 15.0 Å². The Morgan fingerprint density at radius 3 is 2.53 bits per heavy atom. The number of halogens is 2. The van der Waals surface area contributed by atoms with E-state index in [4.69, 9.17) is 5.41 Å². The van der Waals surface area contributed by atoms with Crippen molar-refractivity contribution in [3.8, 4) is 0 Å². The van der Waals surface area contributed by atoms with Gasteiger partial charge in [0.1, 0.15) is 17.3 Å². The standard InChI is InChI=1S/C19H24F2N8O/c1-10(2)28-29-15(8-22)13-9-23-16(25-12(4)30)7-14(13)26-17-6-11(3)24-18(27-17)19(5,20)21/h6-10,22,28H,1-5H3,(H2,23,24,25,26,27,30)/b22-8?,29-15+. The van der Waals surface area contributed by atoms with E-state index in [0.29, 0.717) is 16.9 Å². The van der Waals surface area contributed by atoms with Gasteiger partial charge in [0, 0.05) is 55.7 Å². The zero-order chi connectivity index (χ0) is 22.5. The Morgan fingerprint density at radius 1 is 1.27 bits per heavy atom. The van der Waals surface area contributed by atoms with Gasteiger partial charge in [-0.1, -0.05) is 0 Å². The van der Waals surface area contributed by atoms with Gasteiger partial charge in [0.05, 0.1) is 5.69 Å². The molecule has 160 valence electrons. The molecule has 0 atom stereocenters. The molecule has 0 aromatic carbocycles. The van der Waals surface area contributed by atoms with E-state index in [-0.39, 0.29) is 29.3 Å². The fraction of sp³-hybridized carbons (Fsp3) is 0.368. The maximum atomic E-state index is 13.7. The predicted molar refractivity (Wildman–Crippen MR) is 112 cm³/mol. The minimum Gasteiger partial charge on any atom is -0.339 e. The van der Waals surface area contributed by atoms with Gasteiger partial charge in [0.2, 0.25) is 11.7 Å². The number of amides is 1. The highest BCUT2D eigenvalue weighted by Gasteiger charge is 2.29. The molecule has 0 unspecified atom stereocenters. The monoisotopic (exact) mass is 418 g/mol. The van der Waals surface area contributed by atoms with Gasteiger partial charge in [0.15, 0.2) is 0 Å². The molecular weight excluding hydrogens is 394 g/mol. The number of nitrogens with zero attached hydrogens (tertiary/aromatic N) is 4. The second-order valence-electron chi connectivity index (χ2n) is 6.95. The molecule has 0 fully saturated rings. The van der Waals surface area contributed by atoms with Crippen LogP contribution in [0.2, 0.25) is 0 Å². The number of hydrogen-bond acceptors (Lipinski definition) is 8. The highest BCUT2D eigenvalue weighted by molar-refractivity contribution is 6.38. The molecule has 0 spiro atoms. The van der Waals surface area contributed by atoms with E-state index in [9.17, 15) is 13.6 Å². The lowest BCUT2D eigenvalue weighted by molar-refractivity contribution is -0.114. The third kappa shape index (κ3) is 6.26. The van der Waals surface area contributed by atoms with E-state index < -0.39 is 11.7 Å². The first-order chi connectivity index (χ1) is 14.0. The van der Waals surface area contributed by atoms with Gasteiger partial charge in [-0.3, -0.25) is 4.79 Å². The average Bonchev–Trinajstić information content (AvgIpc) is 2.61. The summed E-state index contributed by atoms with van der Waals surface area (Å²) in [5.41, 5.74) is 4.23. The fourth-order valence-electron chi connectivity index (χ4n) is 2.35. The number of rotatable bonds is 8. The molecule has 0 aliphatic rings. The van der Waals surface area contributed by atoms with Crippen LogP contribution >= 0.6 is 0 Å². The third-order valence-corrected chi connectivity index (χ3v) is 3.57. The van der Waals surface area contributed by atoms with E-state index in [1.165, 1.54) is 25.3 Å². The molecule has 4 N–H and O–H groups in total. The number of nitrogens with one attached hydrogen (secondary N) is 4. The van der Waals surface area contributed by atoms with E-state index in [1.54, 1.807) is 6.92 Å². The summed E-state index contributed by atoms with van der Waals surface area (Å²) in [6, 6.07) is 3.04. The first-order valence-corrected chi connectivity index (χ1v) is 9.12. The smallest absolute Gasteiger partial charge is 0.303 e. The van der Waals surface area contributed by atoms with E-state index >= 15 is 0 Å². The van der Waals surface area contributed by atoms with Gasteiger partial charge in [-0.05, 0) is 20.8 Å². The van der Waals surface area contributed by atoms with E-state index in [1.807, 2.05) is 13.8 Å². The van der Waals surface area contributed by atoms with Gasteiger partial charge in [-0.2, -0.15) is 13.9 Å². The quantitative estimate of drug-likeness (QED) is 0.384. The molecule has 0 aliphatic heterocycles. The molecule has 30 heavy (non-hydrogen) atoms. The van der Waals surface area contributed by atoms with Crippen LogP contribution in [-0.2, 0) is 10.7 Å². The number of anilines is 3. The SMILES string of the molecule is CC(=O)Nc1cc(Nc2cc(C)nc(C(C)(F)F)n2)c(/C(C=N)=N/NC(C)C)cn1. The van der Waals surface area contributed by atoms with Gasteiger partial charge >= 0.3 is 5.92 Å². The molecule has 0 saturated carbocycles. The van der Waals surface area contributed by atoms with Crippen LogP contribution in [0.15, 0.2) is 23.4 Å². The molecule has 9 nitrogen and oxygen atoms in total. The summed E-state index contributed by atoms with van der Waals surface area (Å²) >= 11 is 0. The first kappa shape index (κ1) is 22.8. The highest BCUT2D eigenvalue weighted by atomic mass is 19.3. The molecule has 2 aromatic rings. The van der Waals surface area contributed by atoms with Crippen LogP contribution in [0.25, 0.3) is 0 Å². The van der Waals surface area contributed by atoms with Crippen molar-refractivity contribution in [2.24, 2.45) is 5.10 Å². The van der Waals surface area contributed by atoms with Crippen LogP contribution in [0.4, 0.5) is 26.1 Å². The normalized spacial score (nSPS) is 11.9. The number of hydrogen-bond donors (Lipinski definition) is 4. The zero-order valence-electron chi connectivity index (χ0n) is 17.3. The van der Waals surface area contributed by atoms with Crippen molar-refractivity contribution in [2.45, 2.75) is 46.6 Å². The van der Waals surface area contributed by atoms with Crippen molar-refractivity contribution < 1.29 is 13.6 Å². The Balaban J connectivity index is 2.55. The summed E-state index contributed by atoms with van der Waals surface area (Å²) in [6.07, 6.45) is 2.45. The molecule has 2 rings (SSSR count). The van der Waals surface area contributed by atoms with Crippen molar-refractivity contribution in [2.75, 3.05) is 10.6 Å². The van der Waals surface area contributed by atoms with E-state index in [2.05, 4.69) is 36.1 Å². The van der Waals surface area contributed by atoms with Crippen molar-refractivity contribution in [3.05, 3.63) is 35.4 Å². The third-order valence-electron chi connectivity index (χ3n) is 3.57. The van der Waals surface area contributed by atoms with Crippen LogP contribution < -0.4 is 16.1 Å². The molecular formula is C19H24F2N8O. The number of aromatic nitrogens is 3. The lowest BCUT2D eigenvalue weighted by Crippen LogP contribution is -2.20. The van der Waals surface area contributed by atoms with Crippen molar-refractivity contribution in [3.63, 3.8) is 0 Å². The Labute approximate surface area is 172 Å². The first-order valence-electron chi connectivity index (χ1n) is 9.12. The van der Waals surface area contributed by atoms with Crippen molar-refractivity contribution in [1.82, 2.24) is 20.4 Å². The minimum absolute atomic E-state index is 0.0295. The average molecular weight is 418 g/mol. The van der Waals surface area contributed by atoms with Crippen LogP contribution in [0.1, 0.15) is 44.8 Å². The summed E-state index contributed by atoms with van der Waals surface area (Å²) < 4.78 is 27.5. The van der Waals surface area contributed by atoms with Crippen molar-refractivity contribution >= 4 is 35.2 Å². The number of pyridine rings is 1. The minimum atomic E-state index is -3.21. The Hall–Kier alpha value is -3.50. The molecule has 11 heteroatoms. The zero-order valence-corrected chi connectivity index (χ0v) is 17.3. The number of alkyl halides is 2. The number of aryl methyl sites for hydroxylation is 1. The molecule has 0 saturated heterocycles. The summed E-state index contributed by atoms with van der Waals surface area (Å²) in [5.74, 6) is -3.80. The Morgan fingerprint density at radius 2 is 1.97 bits per heavy atom. The Kier molecular flexibility index (Phi) is 7.09. The van der Waals surface area contributed by atoms with E-state index in [0.717, 1.165) is 13.1 Å². The summed E-state index contributed by atoms with van der Waals surface area (Å²) in [6.45, 7) is 7.41. The second kappa shape index (κ2) is 9.33. The van der Waals surface area contributed by atoms with Gasteiger partial charge in [0.25, 0.3) is 0 Å². The number of carbonyl (C=O) groups excluding carboxylic acids is 1. The summed E-state index contributed by atoms with van der Waals surface area (Å²) in [4.78, 5) is 23.2. The lowest BCUT2D eigenvalue weighted by Gasteiger charge is -2.16. The van der Waals surface area contributed by atoms with Gasteiger partial charge < -0.3 is 21.5 Å². The van der Waals surface area contributed by atoms with Crippen LogP contribution in [0.5, 0.6) is 0 Å². The molecule has 0 aliphatic carbocycles. The number of carbonyl (C=O) groups is 1. The molecule has 0 bridgehead atoms. The second-order valence-corrected chi connectivity index (χ2v) is 6.95. The molecule has 2 aromatic heterocycles. The summed E-state index contributed by atoms with van der Waals surface area (Å²) in [5, 5.41) is 17.4. The maximum absolute atomic E-state index is 13.7.